The van der Waals surface area contributed by atoms with Gasteiger partial charge in [0.1, 0.15) is 0 Å². The van der Waals surface area contributed by atoms with Gasteiger partial charge < -0.3 is 10.4 Å². The van der Waals surface area contributed by atoms with Crippen LogP contribution in [0.3, 0.4) is 0 Å². The Morgan fingerprint density at radius 2 is 2.00 bits per heavy atom. The fourth-order valence-electron chi connectivity index (χ4n) is 1.81. The van der Waals surface area contributed by atoms with Crippen molar-refractivity contribution in [1.29, 1.82) is 0 Å². The molecular weight excluding hydrogens is 256 g/mol. The predicted molar refractivity (Wildman–Crippen MR) is 79.1 cm³/mol. The molecular formula is C15H22N2O3. The normalized spacial score (nSPS) is 11.0. The summed E-state index contributed by atoms with van der Waals surface area (Å²) in [5, 5.41) is 11.6. The standard InChI is InChI=1S/C15H22N2O3/c1-11-6-5-7-12(10-11)17(4)14(20)16-15(2,3)9-8-13(18)19/h5-7,10H,8-9H2,1-4H3,(H,16,20)(H,18,19). The van der Waals surface area contributed by atoms with E-state index < -0.39 is 11.5 Å². The van der Waals surface area contributed by atoms with Crippen LogP contribution in [0.15, 0.2) is 24.3 Å². The van der Waals surface area contributed by atoms with Gasteiger partial charge in [0, 0.05) is 24.7 Å². The number of carboxylic acids is 1. The van der Waals surface area contributed by atoms with Gasteiger partial charge in [0.05, 0.1) is 0 Å². The lowest BCUT2D eigenvalue weighted by atomic mass is 9.99. The molecule has 2 N–H and O–H groups in total. The molecule has 0 spiro atoms. The van der Waals surface area contributed by atoms with Crippen molar-refractivity contribution in [1.82, 2.24) is 5.32 Å². The number of hydrogen-bond acceptors (Lipinski definition) is 2. The van der Waals surface area contributed by atoms with Crippen LogP contribution in [-0.2, 0) is 4.79 Å². The highest BCUT2D eigenvalue weighted by Gasteiger charge is 2.23. The average Bonchev–Trinajstić information content (AvgIpc) is 2.35. The molecule has 0 radical (unpaired) electrons. The molecule has 0 aliphatic carbocycles. The number of nitrogens with zero attached hydrogens (tertiary/aromatic N) is 1. The first-order valence-electron chi connectivity index (χ1n) is 6.55. The van der Waals surface area contributed by atoms with Crippen LogP contribution in [-0.4, -0.2) is 29.7 Å². The van der Waals surface area contributed by atoms with Crippen molar-refractivity contribution >= 4 is 17.7 Å². The second kappa shape index (κ2) is 6.41. The molecule has 0 fully saturated rings. The first kappa shape index (κ1) is 16.0. The summed E-state index contributed by atoms with van der Waals surface area (Å²) < 4.78 is 0. The maximum atomic E-state index is 12.2. The number of carboxylic acid groups (broad SMARTS) is 1. The molecule has 20 heavy (non-hydrogen) atoms. The SMILES string of the molecule is Cc1cccc(N(C)C(=O)NC(C)(C)CCC(=O)O)c1. The molecule has 0 heterocycles. The summed E-state index contributed by atoms with van der Waals surface area (Å²) in [4.78, 5) is 24.3. The van der Waals surface area contributed by atoms with E-state index in [-0.39, 0.29) is 12.5 Å². The van der Waals surface area contributed by atoms with Gasteiger partial charge in [-0.25, -0.2) is 4.79 Å². The molecule has 5 nitrogen and oxygen atoms in total. The lowest BCUT2D eigenvalue weighted by Crippen LogP contribution is -2.49. The zero-order valence-electron chi connectivity index (χ0n) is 12.4. The Balaban J connectivity index is 2.68. The third kappa shape index (κ3) is 4.91. The van der Waals surface area contributed by atoms with Crippen LogP contribution in [0.2, 0.25) is 0 Å². The summed E-state index contributed by atoms with van der Waals surface area (Å²) in [6, 6.07) is 7.39. The van der Waals surface area contributed by atoms with Crippen molar-refractivity contribution in [3.8, 4) is 0 Å². The van der Waals surface area contributed by atoms with E-state index in [1.165, 1.54) is 4.90 Å². The minimum atomic E-state index is -0.862. The first-order valence-corrected chi connectivity index (χ1v) is 6.55. The van der Waals surface area contributed by atoms with Gasteiger partial charge in [-0.1, -0.05) is 12.1 Å². The molecule has 1 aromatic rings. The summed E-state index contributed by atoms with van der Waals surface area (Å²) >= 11 is 0. The molecule has 1 rings (SSSR count). The molecule has 5 heteroatoms. The molecule has 0 saturated heterocycles. The number of nitrogens with one attached hydrogen (secondary N) is 1. The largest absolute Gasteiger partial charge is 0.481 e. The number of carbonyl (C=O) groups excluding carboxylic acids is 1. The summed E-state index contributed by atoms with van der Waals surface area (Å²) in [5.41, 5.74) is 1.32. The van der Waals surface area contributed by atoms with Crippen molar-refractivity contribution in [3.05, 3.63) is 29.8 Å². The van der Waals surface area contributed by atoms with E-state index in [9.17, 15) is 9.59 Å². The number of anilines is 1. The van der Waals surface area contributed by atoms with E-state index in [4.69, 9.17) is 5.11 Å². The second-order valence-electron chi connectivity index (χ2n) is 5.61. The van der Waals surface area contributed by atoms with Crippen molar-refractivity contribution in [2.45, 2.75) is 39.2 Å². The Hall–Kier alpha value is -2.04. The lowest BCUT2D eigenvalue weighted by Gasteiger charge is -2.29. The van der Waals surface area contributed by atoms with Crippen molar-refractivity contribution in [3.63, 3.8) is 0 Å². The zero-order chi connectivity index (χ0) is 15.3. The Morgan fingerprint density at radius 3 is 2.55 bits per heavy atom. The maximum absolute atomic E-state index is 12.2. The quantitative estimate of drug-likeness (QED) is 0.870. The predicted octanol–water partition coefficient (Wildman–Crippen LogP) is 2.78. The molecule has 0 aromatic heterocycles. The molecule has 0 aliphatic heterocycles. The fourth-order valence-corrected chi connectivity index (χ4v) is 1.81. The van der Waals surface area contributed by atoms with E-state index in [1.807, 2.05) is 45.0 Å². The van der Waals surface area contributed by atoms with Gasteiger partial charge in [-0.3, -0.25) is 9.69 Å². The molecule has 0 unspecified atom stereocenters. The average molecular weight is 278 g/mol. The van der Waals surface area contributed by atoms with E-state index in [0.29, 0.717) is 6.42 Å². The zero-order valence-corrected chi connectivity index (χ0v) is 12.4. The molecule has 110 valence electrons. The smallest absolute Gasteiger partial charge is 0.322 e. The molecule has 0 aliphatic rings. The van der Waals surface area contributed by atoms with Crippen LogP contribution in [0.4, 0.5) is 10.5 Å². The number of rotatable bonds is 5. The Labute approximate surface area is 119 Å². The van der Waals surface area contributed by atoms with Gasteiger partial charge in [-0.2, -0.15) is 0 Å². The van der Waals surface area contributed by atoms with Gasteiger partial charge in [0.2, 0.25) is 0 Å². The Kier molecular flexibility index (Phi) is 5.13. The number of urea groups is 1. The number of aliphatic carboxylic acids is 1. The van der Waals surface area contributed by atoms with E-state index in [0.717, 1.165) is 11.3 Å². The molecule has 0 bridgehead atoms. The lowest BCUT2D eigenvalue weighted by molar-refractivity contribution is -0.137. The Bertz CT molecular complexity index is 498. The summed E-state index contributed by atoms with van der Waals surface area (Å²) in [7, 11) is 1.69. The van der Waals surface area contributed by atoms with E-state index in [2.05, 4.69) is 5.32 Å². The van der Waals surface area contributed by atoms with E-state index >= 15 is 0 Å². The third-order valence-electron chi connectivity index (χ3n) is 3.10. The van der Waals surface area contributed by atoms with Crippen molar-refractivity contribution < 1.29 is 14.7 Å². The van der Waals surface area contributed by atoms with Gasteiger partial charge in [0.15, 0.2) is 0 Å². The van der Waals surface area contributed by atoms with Crippen molar-refractivity contribution in [2.24, 2.45) is 0 Å². The molecule has 0 atom stereocenters. The molecule has 2 amide bonds. The van der Waals surface area contributed by atoms with Gasteiger partial charge in [-0.05, 0) is 44.9 Å². The van der Waals surface area contributed by atoms with Crippen LogP contribution in [0.5, 0.6) is 0 Å². The number of amides is 2. The number of hydrogen-bond donors (Lipinski definition) is 2. The molecule has 0 saturated carbocycles. The van der Waals surface area contributed by atoms with Crippen LogP contribution in [0.25, 0.3) is 0 Å². The van der Waals surface area contributed by atoms with E-state index in [1.54, 1.807) is 7.05 Å². The summed E-state index contributed by atoms with van der Waals surface area (Å²) in [6.07, 6.45) is 0.414. The molecule has 1 aromatic carbocycles. The van der Waals surface area contributed by atoms with Gasteiger partial charge >= 0.3 is 12.0 Å². The topological polar surface area (TPSA) is 69.6 Å². The number of carbonyl (C=O) groups is 2. The minimum Gasteiger partial charge on any atom is -0.481 e. The summed E-state index contributed by atoms with van der Waals surface area (Å²) in [6.45, 7) is 5.60. The van der Waals surface area contributed by atoms with Gasteiger partial charge in [-0.15, -0.1) is 0 Å². The van der Waals surface area contributed by atoms with Crippen molar-refractivity contribution in [2.75, 3.05) is 11.9 Å². The van der Waals surface area contributed by atoms with Crippen LogP contribution >= 0.6 is 0 Å². The highest BCUT2D eigenvalue weighted by Crippen LogP contribution is 2.16. The number of aryl methyl sites for hydroxylation is 1. The van der Waals surface area contributed by atoms with Crippen LogP contribution in [0, 0.1) is 6.92 Å². The van der Waals surface area contributed by atoms with Gasteiger partial charge in [0.25, 0.3) is 0 Å². The summed E-state index contributed by atoms with van der Waals surface area (Å²) in [5.74, 6) is -0.862. The highest BCUT2D eigenvalue weighted by atomic mass is 16.4. The first-order chi connectivity index (χ1) is 9.21. The maximum Gasteiger partial charge on any atom is 0.322 e. The second-order valence-corrected chi connectivity index (χ2v) is 5.61. The Morgan fingerprint density at radius 1 is 1.35 bits per heavy atom. The third-order valence-corrected chi connectivity index (χ3v) is 3.10. The number of benzene rings is 1. The monoisotopic (exact) mass is 278 g/mol. The fraction of sp³-hybridized carbons (Fsp3) is 0.467. The highest BCUT2D eigenvalue weighted by molar-refractivity contribution is 5.91. The van der Waals surface area contributed by atoms with Crippen LogP contribution < -0.4 is 10.2 Å². The van der Waals surface area contributed by atoms with Crippen LogP contribution in [0.1, 0.15) is 32.3 Å². The minimum absolute atomic E-state index is 0.0292.